The number of phenols is 1. The van der Waals surface area contributed by atoms with E-state index < -0.39 is 0 Å². The van der Waals surface area contributed by atoms with E-state index in [-0.39, 0.29) is 5.41 Å². The molecule has 3 aromatic rings. The van der Waals surface area contributed by atoms with Gasteiger partial charge >= 0.3 is 0 Å². The maximum Gasteiger partial charge on any atom is 0.119 e. The summed E-state index contributed by atoms with van der Waals surface area (Å²) in [7, 11) is 0. The smallest absolute Gasteiger partial charge is 0.119 e. The minimum Gasteiger partial charge on any atom is -0.508 e. The lowest BCUT2D eigenvalue weighted by Crippen LogP contribution is -2.18. The van der Waals surface area contributed by atoms with Gasteiger partial charge in [0.15, 0.2) is 0 Å². The fraction of sp³-hybridized carbons (Fsp3) is 0.217. The second-order valence-corrected chi connectivity index (χ2v) is 6.78. The van der Waals surface area contributed by atoms with E-state index in [0.29, 0.717) is 12.4 Å². The minimum atomic E-state index is -0.129. The Hall–Kier alpha value is -2.74. The van der Waals surface area contributed by atoms with Crippen molar-refractivity contribution in [3.63, 3.8) is 0 Å². The highest BCUT2D eigenvalue weighted by Crippen LogP contribution is 2.33. The molecule has 128 valence electrons. The van der Waals surface area contributed by atoms with Crippen LogP contribution < -0.4 is 4.74 Å². The summed E-state index contributed by atoms with van der Waals surface area (Å²) >= 11 is 0. The van der Waals surface area contributed by atoms with Gasteiger partial charge < -0.3 is 9.84 Å². The quantitative estimate of drug-likeness (QED) is 0.660. The number of aromatic hydroxyl groups is 1. The molecule has 25 heavy (non-hydrogen) atoms. The topological polar surface area (TPSA) is 29.5 Å². The Morgan fingerprint density at radius 1 is 0.760 bits per heavy atom. The van der Waals surface area contributed by atoms with E-state index in [2.05, 4.69) is 50.2 Å². The van der Waals surface area contributed by atoms with Crippen LogP contribution in [0.2, 0.25) is 0 Å². The molecule has 2 nitrogen and oxygen atoms in total. The molecule has 0 saturated heterocycles. The van der Waals surface area contributed by atoms with Gasteiger partial charge in [-0.1, -0.05) is 68.4 Å². The van der Waals surface area contributed by atoms with Crippen LogP contribution in [0.1, 0.15) is 30.5 Å². The molecule has 0 atom stereocenters. The molecule has 1 N–H and O–H groups in total. The van der Waals surface area contributed by atoms with E-state index in [1.165, 1.54) is 16.7 Å². The summed E-state index contributed by atoms with van der Waals surface area (Å²) in [6.45, 7) is 5.04. The van der Waals surface area contributed by atoms with Crippen LogP contribution in [0.3, 0.4) is 0 Å². The molecule has 3 rings (SSSR count). The third-order valence-corrected chi connectivity index (χ3v) is 4.67. The molecule has 0 radical (unpaired) electrons. The standard InChI is InChI=1S/C23H24O2/c1-23(2,19-8-12-21(24)13-9-19)20-10-14-22(15-11-20)25-17-16-18-6-4-3-5-7-18/h3-15,24H,16-17H2,1-2H3. The highest BCUT2D eigenvalue weighted by atomic mass is 16.5. The number of rotatable bonds is 6. The molecule has 3 aromatic carbocycles. The Morgan fingerprint density at radius 2 is 1.32 bits per heavy atom. The zero-order valence-electron chi connectivity index (χ0n) is 14.8. The van der Waals surface area contributed by atoms with Crippen molar-refractivity contribution in [1.29, 1.82) is 0 Å². The van der Waals surface area contributed by atoms with Crippen LogP contribution in [-0.2, 0) is 11.8 Å². The molecule has 0 fully saturated rings. The third kappa shape index (κ3) is 4.21. The number of ether oxygens (including phenoxy) is 1. The van der Waals surface area contributed by atoms with E-state index in [9.17, 15) is 5.11 Å². The third-order valence-electron chi connectivity index (χ3n) is 4.67. The van der Waals surface area contributed by atoms with Crippen LogP contribution >= 0.6 is 0 Å². The zero-order valence-corrected chi connectivity index (χ0v) is 14.8. The van der Waals surface area contributed by atoms with Crippen molar-refractivity contribution in [1.82, 2.24) is 0 Å². The van der Waals surface area contributed by atoms with Gasteiger partial charge in [-0.3, -0.25) is 0 Å². The van der Waals surface area contributed by atoms with Gasteiger partial charge in [0.05, 0.1) is 6.61 Å². The minimum absolute atomic E-state index is 0.129. The fourth-order valence-electron chi connectivity index (χ4n) is 2.94. The van der Waals surface area contributed by atoms with Crippen molar-refractivity contribution in [2.45, 2.75) is 25.7 Å². The predicted octanol–water partition coefficient (Wildman–Crippen LogP) is 5.34. The van der Waals surface area contributed by atoms with Crippen molar-refractivity contribution < 1.29 is 9.84 Å². The average molecular weight is 332 g/mol. The van der Waals surface area contributed by atoms with Crippen molar-refractivity contribution >= 4 is 0 Å². The summed E-state index contributed by atoms with van der Waals surface area (Å²) in [5, 5.41) is 9.48. The maximum absolute atomic E-state index is 9.48. The SMILES string of the molecule is CC(C)(c1ccc(O)cc1)c1ccc(OCCc2ccccc2)cc1. The molecule has 0 unspecified atom stereocenters. The van der Waals surface area contributed by atoms with Gasteiger partial charge in [-0.2, -0.15) is 0 Å². The fourth-order valence-corrected chi connectivity index (χ4v) is 2.94. The average Bonchev–Trinajstić information content (AvgIpc) is 2.63. The Morgan fingerprint density at radius 3 is 1.92 bits per heavy atom. The highest BCUT2D eigenvalue weighted by molar-refractivity contribution is 5.41. The molecule has 0 spiro atoms. The number of hydrogen-bond donors (Lipinski definition) is 1. The maximum atomic E-state index is 9.48. The van der Waals surface area contributed by atoms with Crippen LogP contribution in [-0.4, -0.2) is 11.7 Å². The van der Waals surface area contributed by atoms with Crippen molar-refractivity contribution in [2.24, 2.45) is 0 Å². The first-order valence-corrected chi connectivity index (χ1v) is 8.62. The molecule has 0 saturated carbocycles. The van der Waals surface area contributed by atoms with Crippen molar-refractivity contribution in [3.05, 3.63) is 95.6 Å². The van der Waals surface area contributed by atoms with Crippen molar-refractivity contribution in [2.75, 3.05) is 6.61 Å². The van der Waals surface area contributed by atoms with E-state index >= 15 is 0 Å². The van der Waals surface area contributed by atoms with Gasteiger partial charge in [0.2, 0.25) is 0 Å². The molecule has 0 aliphatic heterocycles. The summed E-state index contributed by atoms with van der Waals surface area (Å²) in [6, 6.07) is 26.1. The number of phenolic OH excluding ortho intramolecular Hbond substituents is 1. The summed E-state index contributed by atoms with van der Waals surface area (Å²) in [4.78, 5) is 0. The van der Waals surface area contributed by atoms with Crippen LogP contribution in [0.5, 0.6) is 11.5 Å². The molecular weight excluding hydrogens is 308 g/mol. The van der Waals surface area contributed by atoms with E-state index in [0.717, 1.165) is 12.2 Å². The summed E-state index contributed by atoms with van der Waals surface area (Å²) in [6.07, 6.45) is 0.904. The Kier molecular flexibility index (Phi) is 5.08. The largest absolute Gasteiger partial charge is 0.508 e. The Labute approximate surface area is 149 Å². The molecule has 0 bridgehead atoms. The molecular formula is C23H24O2. The van der Waals surface area contributed by atoms with Crippen LogP contribution in [0, 0.1) is 0 Å². The molecule has 0 aromatic heterocycles. The molecule has 0 aliphatic carbocycles. The van der Waals surface area contributed by atoms with Gasteiger partial charge in [0, 0.05) is 11.8 Å². The lowest BCUT2D eigenvalue weighted by Gasteiger charge is -2.26. The summed E-state index contributed by atoms with van der Waals surface area (Å²) in [5.41, 5.74) is 3.54. The molecule has 2 heteroatoms. The van der Waals surface area contributed by atoms with Gasteiger partial charge in [-0.05, 0) is 41.0 Å². The monoisotopic (exact) mass is 332 g/mol. The van der Waals surface area contributed by atoms with Crippen LogP contribution in [0.25, 0.3) is 0 Å². The van der Waals surface area contributed by atoms with Crippen LogP contribution in [0.15, 0.2) is 78.9 Å². The van der Waals surface area contributed by atoms with E-state index in [4.69, 9.17) is 4.74 Å². The highest BCUT2D eigenvalue weighted by Gasteiger charge is 2.22. The van der Waals surface area contributed by atoms with Gasteiger partial charge in [0.25, 0.3) is 0 Å². The van der Waals surface area contributed by atoms with Crippen molar-refractivity contribution in [3.8, 4) is 11.5 Å². The lowest BCUT2D eigenvalue weighted by molar-refractivity contribution is 0.322. The first-order valence-electron chi connectivity index (χ1n) is 8.62. The van der Waals surface area contributed by atoms with E-state index in [1.807, 2.05) is 30.3 Å². The second-order valence-electron chi connectivity index (χ2n) is 6.78. The zero-order chi connectivity index (χ0) is 17.7. The second kappa shape index (κ2) is 7.43. The first-order chi connectivity index (χ1) is 12.1. The van der Waals surface area contributed by atoms with Gasteiger partial charge in [-0.25, -0.2) is 0 Å². The first kappa shape index (κ1) is 17.1. The lowest BCUT2D eigenvalue weighted by atomic mass is 9.78. The van der Waals surface area contributed by atoms with Gasteiger partial charge in [0.1, 0.15) is 11.5 Å². The molecule has 0 amide bonds. The van der Waals surface area contributed by atoms with Crippen LogP contribution in [0.4, 0.5) is 0 Å². The normalized spacial score (nSPS) is 11.3. The Bertz CT molecular complexity index is 788. The Balaban J connectivity index is 1.64. The molecule has 0 heterocycles. The molecule has 0 aliphatic rings. The van der Waals surface area contributed by atoms with Gasteiger partial charge in [-0.15, -0.1) is 0 Å². The van der Waals surface area contributed by atoms with E-state index in [1.54, 1.807) is 12.1 Å². The summed E-state index contributed by atoms with van der Waals surface area (Å²) < 4.78 is 5.87. The number of benzene rings is 3. The number of hydrogen-bond acceptors (Lipinski definition) is 2. The predicted molar refractivity (Wildman–Crippen MR) is 102 cm³/mol. The summed E-state index contributed by atoms with van der Waals surface area (Å²) in [5.74, 6) is 1.18.